The van der Waals surface area contributed by atoms with Crippen molar-refractivity contribution >= 4 is 29.3 Å². The number of phenolic OH excluding ortho intramolecular Hbond substituents is 1. The van der Waals surface area contributed by atoms with Gasteiger partial charge < -0.3 is 36.0 Å². The molecular weight excluding hydrogens is 500 g/mol. The Hall–Kier alpha value is -3.90. The maximum atomic E-state index is 13.7. The third-order valence-corrected chi connectivity index (χ3v) is 7.37. The monoisotopic (exact) mass is 530 g/mol. The number of hydrogen-bond donors (Lipinski definition) is 7. The maximum Gasteiger partial charge on any atom is 0.411 e. The van der Waals surface area contributed by atoms with Crippen LogP contribution in [0.25, 0.3) is 0 Å². The van der Waals surface area contributed by atoms with Crippen LogP contribution in [0.4, 0.5) is 10.5 Å². The lowest BCUT2D eigenvalue weighted by Gasteiger charge is -2.50. The van der Waals surface area contributed by atoms with Gasteiger partial charge in [-0.2, -0.15) is 0 Å². The Morgan fingerprint density at radius 2 is 1.82 bits per heavy atom. The van der Waals surface area contributed by atoms with Gasteiger partial charge in [-0.1, -0.05) is 33.8 Å². The van der Waals surface area contributed by atoms with Crippen molar-refractivity contribution in [2.45, 2.75) is 51.7 Å². The highest BCUT2D eigenvalue weighted by molar-refractivity contribution is 6.24. The molecule has 1 aromatic rings. The topological polar surface area (TPSA) is 217 Å². The summed E-state index contributed by atoms with van der Waals surface area (Å²) in [6, 6.07) is 2.82. The third kappa shape index (κ3) is 3.91. The van der Waals surface area contributed by atoms with Gasteiger partial charge in [-0.15, -0.1) is 0 Å². The van der Waals surface area contributed by atoms with Crippen molar-refractivity contribution in [3.8, 4) is 5.75 Å². The van der Waals surface area contributed by atoms with Gasteiger partial charge in [0.2, 0.25) is 5.78 Å². The number of aromatic hydroxyl groups is 1. The number of carbonyl (C=O) groups excluding carboxylic acids is 4. The zero-order valence-electron chi connectivity index (χ0n) is 21.2. The molecule has 4 rings (SSSR count). The van der Waals surface area contributed by atoms with Gasteiger partial charge in [0.05, 0.1) is 24.0 Å². The van der Waals surface area contributed by atoms with E-state index in [0.29, 0.717) is 0 Å². The molecule has 38 heavy (non-hydrogen) atoms. The number of aliphatic hydroxyl groups is 4. The number of primary amides is 1. The highest BCUT2D eigenvalue weighted by Gasteiger charge is 2.64. The van der Waals surface area contributed by atoms with Gasteiger partial charge in [0.25, 0.3) is 5.91 Å². The van der Waals surface area contributed by atoms with E-state index in [1.165, 1.54) is 12.1 Å². The number of fused-ring (bicyclic) bond motifs is 3. The highest BCUT2D eigenvalue weighted by Crippen LogP contribution is 2.55. The number of phenols is 1. The molecule has 3 aliphatic rings. The first-order valence-electron chi connectivity index (χ1n) is 12.0. The molecule has 12 nitrogen and oxygen atoms in total. The van der Waals surface area contributed by atoms with E-state index in [0.717, 1.165) is 0 Å². The summed E-state index contributed by atoms with van der Waals surface area (Å²) < 4.78 is 5.14. The number of Topliss-reactive ketones (excluding diaryl/α,β-unsaturated/α-hetero) is 2. The molecule has 1 aromatic carbocycles. The summed E-state index contributed by atoms with van der Waals surface area (Å²) in [6.07, 6.45) is -3.06. The van der Waals surface area contributed by atoms with E-state index in [2.05, 4.69) is 5.32 Å². The van der Waals surface area contributed by atoms with Gasteiger partial charge in [0.1, 0.15) is 17.1 Å². The number of ketones is 2. The average molecular weight is 531 g/mol. The third-order valence-electron chi connectivity index (χ3n) is 7.37. The van der Waals surface area contributed by atoms with Gasteiger partial charge in [0.15, 0.2) is 17.1 Å². The van der Waals surface area contributed by atoms with Crippen molar-refractivity contribution in [3.63, 3.8) is 0 Å². The molecule has 8 N–H and O–H groups in total. The molecule has 0 bridgehead atoms. The van der Waals surface area contributed by atoms with Gasteiger partial charge in [-0.3, -0.25) is 19.7 Å². The molecule has 3 aliphatic carbocycles. The quantitative estimate of drug-likeness (QED) is 0.222. The van der Waals surface area contributed by atoms with Crippen molar-refractivity contribution in [1.29, 1.82) is 0 Å². The van der Waals surface area contributed by atoms with Gasteiger partial charge in [-0.05, 0) is 23.0 Å². The fourth-order valence-electron chi connectivity index (χ4n) is 5.52. The van der Waals surface area contributed by atoms with E-state index < -0.39 is 87.9 Å². The van der Waals surface area contributed by atoms with E-state index in [1.54, 1.807) is 6.92 Å². The van der Waals surface area contributed by atoms with Crippen molar-refractivity contribution < 1.29 is 49.4 Å². The molecule has 12 heteroatoms. The number of nitrogens with two attached hydrogens (primary N) is 1. The first-order valence-corrected chi connectivity index (χ1v) is 12.0. The molecule has 204 valence electrons. The van der Waals surface area contributed by atoms with Gasteiger partial charge in [-0.25, -0.2) is 4.79 Å². The summed E-state index contributed by atoms with van der Waals surface area (Å²) in [5, 5.41) is 57.3. The fourth-order valence-corrected chi connectivity index (χ4v) is 5.52. The number of amides is 2. The van der Waals surface area contributed by atoms with Crippen LogP contribution < -0.4 is 11.1 Å². The molecule has 2 amide bonds. The SMILES string of the molecule is C[C@H]1c2ccc(NC(=O)OCC(C)(C)C)c(O)c2C(=O)C2=C(O)[C@]3(O)C(=O)C(C(N)=O)=C(O)C[C@@H]3[C@@H](O)[C@@H]21. The minimum Gasteiger partial charge on any atom is -0.511 e. The lowest BCUT2D eigenvalue weighted by molar-refractivity contribution is -0.154. The summed E-state index contributed by atoms with van der Waals surface area (Å²) >= 11 is 0. The number of ether oxygens (including phenoxy) is 1. The van der Waals surface area contributed by atoms with E-state index in [-0.39, 0.29) is 28.8 Å². The van der Waals surface area contributed by atoms with E-state index in [4.69, 9.17) is 10.5 Å². The van der Waals surface area contributed by atoms with E-state index in [1.807, 2.05) is 20.8 Å². The van der Waals surface area contributed by atoms with E-state index >= 15 is 0 Å². The smallest absolute Gasteiger partial charge is 0.411 e. The Labute approximate surface area is 217 Å². The van der Waals surface area contributed by atoms with Gasteiger partial charge >= 0.3 is 6.09 Å². The molecule has 0 saturated heterocycles. The largest absolute Gasteiger partial charge is 0.511 e. The molecule has 0 radical (unpaired) electrons. The lowest BCUT2D eigenvalue weighted by atomic mass is 9.56. The standard InChI is InChI=1S/C26H30N2O10/c1-9-10-5-6-12(28-24(36)38-8-25(2,3)4)19(31)15(10)20(32)17-14(9)18(30)11-7-13(29)16(23(27)35)21(33)26(11,37)22(17)34/h5-6,9,11,14,18,29-31,34,37H,7-8H2,1-4H3,(H2,27,35)(H,28,36)/t9-,11+,14+,18+,26+/m0/s1. The Morgan fingerprint density at radius 1 is 1.18 bits per heavy atom. The van der Waals surface area contributed by atoms with Crippen LogP contribution >= 0.6 is 0 Å². The Balaban J connectivity index is 1.81. The van der Waals surface area contributed by atoms with Crippen LogP contribution in [0.15, 0.2) is 34.8 Å². The number of benzene rings is 1. The average Bonchev–Trinajstić information content (AvgIpc) is 2.81. The molecule has 0 saturated carbocycles. The molecule has 0 unspecified atom stereocenters. The predicted octanol–water partition coefficient (Wildman–Crippen LogP) is 1.71. The van der Waals surface area contributed by atoms with Crippen LogP contribution in [-0.4, -0.2) is 67.4 Å². The summed E-state index contributed by atoms with van der Waals surface area (Å²) in [5.41, 5.74) is 0.279. The summed E-state index contributed by atoms with van der Waals surface area (Å²) in [5.74, 6) is -9.63. The highest BCUT2D eigenvalue weighted by atomic mass is 16.5. The normalized spacial score (nSPS) is 28.9. The van der Waals surface area contributed by atoms with Crippen molar-refractivity contribution in [2.24, 2.45) is 23.0 Å². The predicted molar refractivity (Wildman–Crippen MR) is 131 cm³/mol. The second-order valence-electron chi connectivity index (χ2n) is 11.2. The minimum atomic E-state index is -2.92. The number of anilines is 1. The number of rotatable bonds is 3. The molecule has 0 aromatic heterocycles. The van der Waals surface area contributed by atoms with Crippen LogP contribution in [0.1, 0.15) is 56.0 Å². The molecular formula is C26H30N2O10. The molecule has 0 fully saturated rings. The Bertz CT molecular complexity index is 1340. The van der Waals surface area contributed by atoms with Crippen LogP contribution in [-0.2, 0) is 14.3 Å². The minimum absolute atomic E-state index is 0.0753. The first kappa shape index (κ1) is 27.1. The number of hydrogen-bond acceptors (Lipinski definition) is 10. The molecule has 0 aliphatic heterocycles. The van der Waals surface area contributed by atoms with Crippen molar-refractivity contribution in [3.05, 3.63) is 45.9 Å². The molecule has 0 spiro atoms. The first-order chi connectivity index (χ1) is 17.5. The summed E-state index contributed by atoms with van der Waals surface area (Å²) in [4.78, 5) is 50.8. The second-order valence-corrected chi connectivity index (χ2v) is 11.2. The Kier molecular flexibility index (Phi) is 6.32. The van der Waals surface area contributed by atoms with Crippen LogP contribution in [0, 0.1) is 17.3 Å². The van der Waals surface area contributed by atoms with Crippen molar-refractivity contribution in [2.75, 3.05) is 11.9 Å². The van der Waals surface area contributed by atoms with E-state index in [9.17, 15) is 44.7 Å². The van der Waals surface area contributed by atoms with Crippen molar-refractivity contribution in [1.82, 2.24) is 0 Å². The fraction of sp³-hybridized carbons (Fsp3) is 0.462. The van der Waals surface area contributed by atoms with Crippen LogP contribution in [0.2, 0.25) is 0 Å². The van der Waals surface area contributed by atoms with Crippen LogP contribution in [0.3, 0.4) is 0 Å². The maximum absolute atomic E-state index is 13.7. The molecule has 0 heterocycles. The Morgan fingerprint density at radius 3 is 2.39 bits per heavy atom. The number of allylic oxidation sites excluding steroid dienone is 1. The number of nitrogens with one attached hydrogen (secondary N) is 1. The number of carbonyl (C=O) groups is 4. The zero-order chi connectivity index (χ0) is 28.5. The second kappa shape index (κ2) is 8.84. The summed E-state index contributed by atoms with van der Waals surface area (Å²) in [6.45, 7) is 7.24. The number of aliphatic hydroxyl groups excluding tert-OH is 3. The molecule has 5 atom stereocenters. The van der Waals surface area contributed by atoms with Crippen LogP contribution in [0.5, 0.6) is 5.75 Å². The zero-order valence-corrected chi connectivity index (χ0v) is 21.2. The van der Waals surface area contributed by atoms with Gasteiger partial charge in [0, 0.05) is 23.8 Å². The lowest BCUT2D eigenvalue weighted by Crippen LogP contribution is -2.62. The summed E-state index contributed by atoms with van der Waals surface area (Å²) in [7, 11) is 0.